The summed E-state index contributed by atoms with van der Waals surface area (Å²) < 4.78 is 0. The van der Waals surface area contributed by atoms with E-state index in [2.05, 4.69) is 28.5 Å². The van der Waals surface area contributed by atoms with Crippen LogP contribution < -0.4 is 10.2 Å². The van der Waals surface area contributed by atoms with E-state index in [0.29, 0.717) is 16.8 Å². The zero-order valence-electron chi connectivity index (χ0n) is 14.4. The molecule has 0 aliphatic heterocycles. The Labute approximate surface area is 152 Å². The van der Waals surface area contributed by atoms with Crippen LogP contribution in [-0.4, -0.2) is 17.9 Å². The van der Waals surface area contributed by atoms with Crippen LogP contribution in [0.25, 0.3) is 0 Å². The number of pyridine rings is 1. The highest BCUT2D eigenvalue weighted by Crippen LogP contribution is 2.17. The molecule has 1 N–H and O–H groups in total. The summed E-state index contributed by atoms with van der Waals surface area (Å²) in [7, 11) is 1.96. The van der Waals surface area contributed by atoms with E-state index in [-0.39, 0.29) is 5.91 Å². The molecule has 1 heterocycles. The van der Waals surface area contributed by atoms with Gasteiger partial charge in [-0.05, 0) is 35.9 Å². The van der Waals surface area contributed by atoms with Crippen molar-refractivity contribution in [3.63, 3.8) is 0 Å². The molecule has 0 saturated carbocycles. The van der Waals surface area contributed by atoms with Crippen LogP contribution in [0, 0.1) is 11.3 Å². The van der Waals surface area contributed by atoms with Crippen LogP contribution in [-0.2, 0) is 6.54 Å². The second-order valence-electron chi connectivity index (χ2n) is 5.92. The molecule has 128 valence electrons. The van der Waals surface area contributed by atoms with Crippen molar-refractivity contribution in [2.75, 3.05) is 17.3 Å². The molecule has 0 unspecified atom stereocenters. The predicted octanol–water partition coefficient (Wildman–Crippen LogP) is 3.84. The molecule has 0 aliphatic carbocycles. The number of hydrogen-bond donors (Lipinski definition) is 1. The number of hydrogen-bond acceptors (Lipinski definition) is 4. The normalized spacial score (nSPS) is 10.0. The average Bonchev–Trinajstić information content (AvgIpc) is 2.69. The average molecular weight is 342 g/mol. The fraction of sp³-hybridized carbons (Fsp3) is 0.0952. The number of nitrogens with zero attached hydrogens (tertiary/aromatic N) is 3. The number of carbonyl (C=O) groups is 1. The van der Waals surface area contributed by atoms with Gasteiger partial charge in [0.25, 0.3) is 5.91 Å². The van der Waals surface area contributed by atoms with Gasteiger partial charge in [0, 0.05) is 25.5 Å². The second kappa shape index (κ2) is 7.95. The largest absolute Gasteiger partial charge is 0.369 e. The molecule has 1 aromatic heterocycles. The number of amides is 1. The predicted molar refractivity (Wildman–Crippen MR) is 102 cm³/mol. The van der Waals surface area contributed by atoms with Crippen molar-refractivity contribution in [2.45, 2.75) is 6.54 Å². The second-order valence-corrected chi connectivity index (χ2v) is 5.92. The first-order valence-electron chi connectivity index (χ1n) is 8.17. The van der Waals surface area contributed by atoms with Gasteiger partial charge in [-0.2, -0.15) is 5.26 Å². The van der Waals surface area contributed by atoms with Crippen LogP contribution >= 0.6 is 0 Å². The van der Waals surface area contributed by atoms with E-state index in [1.54, 1.807) is 36.7 Å². The molecule has 0 aliphatic rings. The van der Waals surface area contributed by atoms with Crippen molar-refractivity contribution < 1.29 is 4.79 Å². The number of rotatable bonds is 5. The maximum Gasteiger partial charge on any atom is 0.257 e. The summed E-state index contributed by atoms with van der Waals surface area (Å²) in [4.78, 5) is 18.7. The third kappa shape index (κ3) is 4.25. The van der Waals surface area contributed by atoms with E-state index in [0.717, 1.165) is 12.2 Å². The van der Waals surface area contributed by atoms with Gasteiger partial charge in [-0.25, -0.2) is 0 Å². The van der Waals surface area contributed by atoms with Gasteiger partial charge >= 0.3 is 0 Å². The lowest BCUT2D eigenvalue weighted by Gasteiger charge is -2.19. The Bertz CT molecular complexity index is 930. The minimum atomic E-state index is -0.239. The molecular formula is C21H18N4O. The molecule has 26 heavy (non-hydrogen) atoms. The summed E-state index contributed by atoms with van der Waals surface area (Å²) in [6.45, 7) is 0.725. The Hall–Kier alpha value is -3.65. The molecular weight excluding hydrogens is 324 g/mol. The van der Waals surface area contributed by atoms with Crippen LogP contribution in [0.3, 0.4) is 0 Å². The Morgan fingerprint density at radius 3 is 2.54 bits per heavy atom. The van der Waals surface area contributed by atoms with Crippen molar-refractivity contribution in [1.82, 2.24) is 4.98 Å². The number of nitrogens with one attached hydrogen (secondary N) is 1. The standard InChI is InChI=1S/C21H18N4O/c1-25(15-17-5-3-2-4-6-17)20-11-18(13-23-14-20)21(26)24-19-9-7-16(12-22)8-10-19/h2-11,13-14H,15H2,1H3,(H,24,26). The molecule has 2 aromatic carbocycles. The lowest BCUT2D eigenvalue weighted by atomic mass is 10.2. The number of carbonyl (C=O) groups excluding carboxylic acids is 1. The van der Waals surface area contributed by atoms with Crippen LogP contribution in [0.4, 0.5) is 11.4 Å². The smallest absolute Gasteiger partial charge is 0.257 e. The first-order valence-corrected chi connectivity index (χ1v) is 8.17. The molecule has 3 rings (SSSR count). The third-order valence-electron chi connectivity index (χ3n) is 3.96. The van der Waals surface area contributed by atoms with E-state index in [1.807, 2.05) is 36.2 Å². The van der Waals surface area contributed by atoms with Gasteiger partial charge < -0.3 is 10.2 Å². The maximum atomic E-state index is 12.5. The van der Waals surface area contributed by atoms with Crippen molar-refractivity contribution in [1.29, 1.82) is 5.26 Å². The number of anilines is 2. The molecule has 0 atom stereocenters. The number of aromatic nitrogens is 1. The first kappa shape index (κ1) is 17.2. The van der Waals surface area contributed by atoms with Crippen LogP contribution in [0.1, 0.15) is 21.5 Å². The topological polar surface area (TPSA) is 69.0 Å². The maximum absolute atomic E-state index is 12.5. The fourth-order valence-corrected chi connectivity index (χ4v) is 2.54. The number of nitriles is 1. The third-order valence-corrected chi connectivity index (χ3v) is 3.96. The fourth-order valence-electron chi connectivity index (χ4n) is 2.54. The van der Waals surface area contributed by atoms with Gasteiger partial charge in [0.05, 0.1) is 29.1 Å². The summed E-state index contributed by atoms with van der Waals surface area (Å²) in [6.07, 6.45) is 3.28. The minimum absolute atomic E-state index is 0.239. The molecule has 0 radical (unpaired) electrons. The zero-order chi connectivity index (χ0) is 18.4. The van der Waals surface area contributed by atoms with E-state index in [4.69, 9.17) is 5.26 Å². The minimum Gasteiger partial charge on any atom is -0.369 e. The van der Waals surface area contributed by atoms with Crippen molar-refractivity contribution in [2.24, 2.45) is 0 Å². The molecule has 0 spiro atoms. The summed E-state index contributed by atoms with van der Waals surface area (Å²) in [5, 5.41) is 11.6. The van der Waals surface area contributed by atoms with Gasteiger partial charge in [0.1, 0.15) is 0 Å². The van der Waals surface area contributed by atoms with Gasteiger partial charge in [0.2, 0.25) is 0 Å². The van der Waals surface area contributed by atoms with Gasteiger partial charge in [-0.15, -0.1) is 0 Å². The van der Waals surface area contributed by atoms with Gasteiger partial charge in [0.15, 0.2) is 0 Å². The van der Waals surface area contributed by atoms with Crippen LogP contribution in [0.2, 0.25) is 0 Å². The quantitative estimate of drug-likeness (QED) is 0.765. The lowest BCUT2D eigenvalue weighted by molar-refractivity contribution is 0.102. The van der Waals surface area contributed by atoms with E-state index >= 15 is 0 Å². The molecule has 1 amide bonds. The van der Waals surface area contributed by atoms with Crippen LogP contribution in [0.5, 0.6) is 0 Å². The molecule has 0 fully saturated rings. The van der Waals surface area contributed by atoms with Crippen molar-refractivity contribution >= 4 is 17.3 Å². The highest BCUT2D eigenvalue weighted by Gasteiger charge is 2.10. The van der Waals surface area contributed by atoms with E-state index in [9.17, 15) is 4.79 Å². The van der Waals surface area contributed by atoms with Gasteiger partial charge in [-0.3, -0.25) is 9.78 Å². The zero-order valence-corrected chi connectivity index (χ0v) is 14.4. The SMILES string of the molecule is CN(Cc1ccccc1)c1cncc(C(=O)Nc2ccc(C#N)cc2)c1. The highest BCUT2D eigenvalue weighted by atomic mass is 16.1. The van der Waals surface area contributed by atoms with E-state index in [1.165, 1.54) is 5.56 Å². The molecule has 0 saturated heterocycles. The summed E-state index contributed by atoms with van der Waals surface area (Å²) in [5.41, 5.74) is 3.71. The Morgan fingerprint density at radius 1 is 1.12 bits per heavy atom. The van der Waals surface area contributed by atoms with Crippen molar-refractivity contribution in [3.05, 3.63) is 89.7 Å². The summed E-state index contributed by atoms with van der Waals surface area (Å²) in [5.74, 6) is -0.239. The van der Waals surface area contributed by atoms with Crippen LogP contribution in [0.15, 0.2) is 73.1 Å². The van der Waals surface area contributed by atoms with Gasteiger partial charge in [-0.1, -0.05) is 30.3 Å². The first-order chi connectivity index (χ1) is 12.7. The molecule has 5 heteroatoms. The Kier molecular flexibility index (Phi) is 5.25. The molecule has 5 nitrogen and oxygen atoms in total. The van der Waals surface area contributed by atoms with E-state index < -0.39 is 0 Å². The molecule has 0 bridgehead atoms. The molecule has 3 aromatic rings. The van der Waals surface area contributed by atoms with Crippen molar-refractivity contribution in [3.8, 4) is 6.07 Å². The summed E-state index contributed by atoms with van der Waals surface area (Å²) in [6, 6.07) is 20.7. The Morgan fingerprint density at radius 2 is 1.85 bits per heavy atom. The highest BCUT2D eigenvalue weighted by molar-refractivity contribution is 6.04. The monoisotopic (exact) mass is 342 g/mol. The lowest BCUT2D eigenvalue weighted by Crippen LogP contribution is -2.18. The number of benzene rings is 2. The Balaban J connectivity index is 1.71. The summed E-state index contributed by atoms with van der Waals surface area (Å²) >= 11 is 0.